The average molecular weight is 703 g/mol. The largest absolute Gasteiger partial charge is 0.394 e. The van der Waals surface area contributed by atoms with Crippen LogP contribution < -0.4 is 10.6 Å². The Kier molecular flexibility index (Phi) is 10.6. The number of nitrogens with one attached hydrogen (secondary N) is 2. The van der Waals surface area contributed by atoms with E-state index >= 15 is 0 Å². The predicted molar refractivity (Wildman–Crippen MR) is 211 cm³/mol. The number of fused-ring (bicyclic) bond motifs is 6. The second-order valence-corrected chi connectivity index (χ2v) is 17.4. The van der Waals surface area contributed by atoms with Crippen LogP contribution in [-0.2, 0) is 20.3 Å². The molecule has 2 fully saturated rings. The molecule has 2 saturated heterocycles. The molecule has 0 amide bonds. The molecule has 8 rings (SSSR count). The fourth-order valence-corrected chi connectivity index (χ4v) is 8.69. The van der Waals surface area contributed by atoms with Gasteiger partial charge >= 0.3 is 0 Å². The number of benzene rings is 4. The molecule has 0 bridgehead atoms. The van der Waals surface area contributed by atoms with Crippen molar-refractivity contribution in [3.05, 3.63) is 130 Å². The molecule has 6 nitrogen and oxygen atoms in total. The molecule has 4 N–H and O–H groups in total. The minimum atomic E-state index is -0.0584. The molecule has 4 heterocycles. The maximum atomic E-state index is 9.66. The molecule has 0 aromatic heterocycles. The Balaban J connectivity index is 0.000000162. The van der Waals surface area contributed by atoms with Crippen LogP contribution >= 0.6 is 0 Å². The molecular weight excluding hydrogens is 645 g/mol. The van der Waals surface area contributed by atoms with Crippen LogP contribution in [0.2, 0.25) is 0 Å². The average Bonchev–Trinajstić information content (AvgIpc) is 3.16. The highest BCUT2D eigenvalue weighted by atomic mass is 16.5. The molecule has 0 saturated carbocycles. The fraction of sp³-hybridized carbons (Fsp3) is 0.478. The van der Waals surface area contributed by atoms with Crippen LogP contribution in [0.1, 0.15) is 125 Å². The van der Waals surface area contributed by atoms with Crippen molar-refractivity contribution < 1.29 is 19.7 Å². The van der Waals surface area contributed by atoms with Gasteiger partial charge in [0.05, 0.1) is 49.7 Å². The molecule has 0 aliphatic carbocycles. The van der Waals surface area contributed by atoms with Crippen molar-refractivity contribution in [2.45, 2.75) is 115 Å². The molecule has 4 aliphatic rings. The normalized spacial score (nSPS) is 28.0. The highest BCUT2D eigenvalue weighted by Gasteiger charge is 2.44. The molecule has 276 valence electrons. The van der Waals surface area contributed by atoms with Gasteiger partial charge in [0.2, 0.25) is 0 Å². The number of hydrogen-bond donors (Lipinski definition) is 4. The summed E-state index contributed by atoms with van der Waals surface area (Å²) in [6.07, 6.45) is 3.89. The van der Waals surface area contributed by atoms with E-state index < -0.39 is 0 Å². The summed E-state index contributed by atoms with van der Waals surface area (Å²) >= 11 is 0. The topological polar surface area (TPSA) is 83.0 Å². The molecule has 6 heteroatoms. The van der Waals surface area contributed by atoms with Gasteiger partial charge < -0.3 is 30.3 Å². The van der Waals surface area contributed by atoms with E-state index in [9.17, 15) is 10.2 Å². The summed E-state index contributed by atoms with van der Waals surface area (Å²) < 4.78 is 12.8. The molecule has 8 atom stereocenters. The molecule has 5 unspecified atom stereocenters. The Bertz CT molecular complexity index is 1660. The maximum absolute atomic E-state index is 9.66. The summed E-state index contributed by atoms with van der Waals surface area (Å²) in [6, 6.07) is 35.3. The minimum Gasteiger partial charge on any atom is -0.394 e. The Hall–Kier alpha value is -3.68. The number of hydrogen-bond acceptors (Lipinski definition) is 6. The summed E-state index contributed by atoms with van der Waals surface area (Å²) in [5.74, 6) is 0.755. The lowest BCUT2D eigenvalue weighted by Gasteiger charge is -2.45. The van der Waals surface area contributed by atoms with Crippen molar-refractivity contribution in [3.8, 4) is 0 Å². The lowest BCUT2D eigenvalue weighted by Crippen LogP contribution is -2.40. The highest BCUT2D eigenvalue weighted by molar-refractivity contribution is 5.60. The van der Waals surface area contributed by atoms with Crippen molar-refractivity contribution in [2.75, 3.05) is 23.8 Å². The zero-order valence-electron chi connectivity index (χ0n) is 31.8. The van der Waals surface area contributed by atoms with Gasteiger partial charge in [-0.25, -0.2) is 0 Å². The summed E-state index contributed by atoms with van der Waals surface area (Å²) in [7, 11) is 0. The number of aliphatic hydroxyl groups is 2. The molecule has 0 spiro atoms. The van der Waals surface area contributed by atoms with Gasteiger partial charge in [-0.3, -0.25) is 0 Å². The van der Waals surface area contributed by atoms with Gasteiger partial charge in [0.25, 0.3) is 0 Å². The third kappa shape index (κ3) is 7.54. The summed E-state index contributed by atoms with van der Waals surface area (Å²) in [4.78, 5) is 0. The first-order chi connectivity index (χ1) is 24.9. The Labute approximate surface area is 311 Å². The van der Waals surface area contributed by atoms with E-state index in [0.717, 1.165) is 37.1 Å². The van der Waals surface area contributed by atoms with Gasteiger partial charge in [-0.2, -0.15) is 0 Å². The van der Waals surface area contributed by atoms with Gasteiger partial charge in [0.1, 0.15) is 0 Å². The van der Waals surface area contributed by atoms with Crippen LogP contribution in [0.3, 0.4) is 0 Å². The smallest absolute Gasteiger partial charge is 0.0900 e. The third-order valence-electron chi connectivity index (χ3n) is 11.8. The van der Waals surface area contributed by atoms with Gasteiger partial charge in [0, 0.05) is 34.3 Å². The molecule has 4 aliphatic heterocycles. The summed E-state index contributed by atoms with van der Waals surface area (Å²) in [5.41, 5.74) is 10.3. The number of aliphatic hydroxyl groups excluding tert-OH is 2. The van der Waals surface area contributed by atoms with Gasteiger partial charge in [-0.05, 0) is 70.9 Å². The second-order valence-electron chi connectivity index (χ2n) is 17.4. The summed E-state index contributed by atoms with van der Waals surface area (Å²) in [6.45, 7) is 13.7. The van der Waals surface area contributed by atoms with E-state index in [1.165, 1.54) is 33.4 Å². The minimum absolute atomic E-state index is 0.0321. The lowest BCUT2D eigenvalue weighted by atomic mass is 9.75. The Morgan fingerprint density at radius 3 is 1.27 bits per heavy atom. The Morgan fingerprint density at radius 2 is 0.923 bits per heavy atom. The molecule has 0 radical (unpaired) electrons. The second kappa shape index (κ2) is 15.0. The van der Waals surface area contributed by atoms with Crippen molar-refractivity contribution in [1.29, 1.82) is 0 Å². The molecule has 4 aromatic carbocycles. The maximum Gasteiger partial charge on any atom is 0.0900 e. The quantitative estimate of drug-likeness (QED) is 0.170. The first-order valence-electron chi connectivity index (χ1n) is 19.4. The van der Waals surface area contributed by atoms with Crippen molar-refractivity contribution >= 4 is 11.4 Å². The molecule has 4 aromatic rings. The molecular formula is C46H58N2O4. The summed E-state index contributed by atoms with van der Waals surface area (Å²) in [5, 5.41) is 26.9. The Morgan fingerprint density at radius 1 is 0.538 bits per heavy atom. The highest BCUT2D eigenvalue weighted by Crippen LogP contribution is 2.52. The van der Waals surface area contributed by atoms with E-state index in [2.05, 4.69) is 149 Å². The van der Waals surface area contributed by atoms with Crippen LogP contribution in [0.5, 0.6) is 0 Å². The van der Waals surface area contributed by atoms with Crippen LogP contribution in [-0.4, -0.2) is 35.6 Å². The first-order valence-corrected chi connectivity index (χ1v) is 19.4. The molecule has 52 heavy (non-hydrogen) atoms. The van der Waals surface area contributed by atoms with Gasteiger partial charge in [-0.15, -0.1) is 0 Å². The predicted octanol–water partition coefficient (Wildman–Crippen LogP) is 9.96. The van der Waals surface area contributed by atoms with E-state index in [-0.39, 0.29) is 60.5 Å². The third-order valence-corrected chi connectivity index (χ3v) is 11.8. The number of anilines is 2. The van der Waals surface area contributed by atoms with Gasteiger partial charge in [-0.1, -0.05) is 126 Å². The number of rotatable bonds is 4. The van der Waals surface area contributed by atoms with Crippen molar-refractivity contribution in [2.24, 2.45) is 11.8 Å². The van der Waals surface area contributed by atoms with Crippen LogP contribution in [0.25, 0.3) is 0 Å². The monoisotopic (exact) mass is 702 g/mol. The first kappa shape index (κ1) is 36.7. The van der Waals surface area contributed by atoms with Crippen LogP contribution in [0, 0.1) is 11.8 Å². The SMILES string of the molecule is CC(C)(C)c1ccc2c(c1)C1OC(CO)CCC1C(c1ccccc1)N2.CC(C)(C)c1ccc2c(c1)[C@H]1OC(CO)CC[C@H]1[C@H](c1ccccc1)N2. The van der Waals surface area contributed by atoms with E-state index in [0.29, 0.717) is 11.8 Å². The lowest BCUT2D eigenvalue weighted by molar-refractivity contribution is -0.110. The zero-order chi connectivity index (χ0) is 36.6. The van der Waals surface area contributed by atoms with E-state index in [1.54, 1.807) is 0 Å². The number of ether oxygens (including phenoxy) is 2. The zero-order valence-corrected chi connectivity index (χ0v) is 31.8. The van der Waals surface area contributed by atoms with Gasteiger partial charge in [0.15, 0.2) is 0 Å². The van der Waals surface area contributed by atoms with Crippen molar-refractivity contribution in [3.63, 3.8) is 0 Å². The van der Waals surface area contributed by atoms with Crippen LogP contribution in [0.15, 0.2) is 97.1 Å². The van der Waals surface area contributed by atoms with Crippen LogP contribution in [0.4, 0.5) is 11.4 Å². The fourth-order valence-electron chi connectivity index (χ4n) is 8.69. The van der Waals surface area contributed by atoms with E-state index in [4.69, 9.17) is 9.47 Å². The van der Waals surface area contributed by atoms with Crippen molar-refractivity contribution in [1.82, 2.24) is 0 Å². The standard InChI is InChI=1S/2C23H29NO2/c2*1-23(2,3)16-9-12-20-19(13-16)22-18(11-10-17(14-25)26-22)21(24-20)15-7-5-4-6-8-15/h2*4-9,12-13,17-18,21-22,24-25H,10-11,14H2,1-3H3/t17?,18-,21-,22-;/m0./s1. The van der Waals surface area contributed by atoms with E-state index in [1.807, 2.05) is 0 Å².